The summed E-state index contributed by atoms with van der Waals surface area (Å²) in [6, 6.07) is 16.8. The molecule has 2 atom stereocenters. The van der Waals surface area contributed by atoms with E-state index in [0.29, 0.717) is 12.5 Å². The highest BCUT2D eigenvalue weighted by atomic mass is 16.5. The lowest BCUT2D eigenvalue weighted by Crippen LogP contribution is -2.46. The Kier molecular flexibility index (Phi) is 5.26. The van der Waals surface area contributed by atoms with E-state index >= 15 is 0 Å². The van der Waals surface area contributed by atoms with Crippen LogP contribution < -0.4 is 20.1 Å². The van der Waals surface area contributed by atoms with Gasteiger partial charge in [-0.15, -0.1) is 0 Å². The first kappa shape index (κ1) is 16.7. The lowest BCUT2D eigenvalue weighted by molar-refractivity contribution is 0.340. The SMILES string of the molecule is CCOc1ccc(C2CC(N)CN(c3cccc(OC)c3)C2)cc1. The number of hydrogen-bond acceptors (Lipinski definition) is 4. The summed E-state index contributed by atoms with van der Waals surface area (Å²) in [7, 11) is 1.70. The van der Waals surface area contributed by atoms with E-state index in [-0.39, 0.29) is 6.04 Å². The molecule has 0 radical (unpaired) electrons. The summed E-state index contributed by atoms with van der Waals surface area (Å²) in [6.45, 7) is 4.53. The second kappa shape index (κ2) is 7.58. The minimum atomic E-state index is 0.168. The lowest BCUT2D eigenvalue weighted by atomic mass is 9.88. The number of nitrogens with two attached hydrogens (primary N) is 1. The van der Waals surface area contributed by atoms with Crippen molar-refractivity contribution in [1.29, 1.82) is 0 Å². The summed E-state index contributed by atoms with van der Waals surface area (Å²) < 4.78 is 10.9. The van der Waals surface area contributed by atoms with Gasteiger partial charge in [-0.3, -0.25) is 0 Å². The van der Waals surface area contributed by atoms with Gasteiger partial charge in [0.2, 0.25) is 0 Å². The number of anilines is 1. The summed E-state index contributed by atoms with van der Waals surface area (Å²) in [5.74, 6) is 2.23. The first-order valence-electron chi connectivity index (χ1n) is 8.57. The number of rotatable bonds is 5. The van der Waals surface area contributed by atoms with Gasteiger partial charge < -0.3 is 20.1 Å². The Balaban J connectivity index is 1.77. The highest BCUT2D eigenvalue weighted by Gasteiger charge is 2.26. The molecule has 1 fully saturated rings. The van der Waals surface area contributed by atoms with Crippen molar-refractivity contribution in [3.05, 3.63) is 54.1 Å². The Morgan fingerprint density at radius 1 is 1.08 bits per heavy atom. The number of nitrogens with zero attached hydrogens (tertiary/aromatic N) is 1. The Labute approximate surface area is 144 Å². The number of methoxy groups -OCH3 is 1. The fourth-order valence-electron chi connectivity index (χ4n) is 3.40. The molecule has 2 unspecified atom stereocenters. The summed E-state index contributed by atoms with van der Waals surface area (Å²) in [6.07, 6.45) is 1.01. The Morgan fingerprint density at radius 2 is 1.88 bits per heavy atom. The molecular weight excluding hydrogens is 300 g/mol. The maximum absolute atomic E-state index is 6.34. The van der Waals surface area contributed by atoms with Crippen molar-refractivity contribution in [2.45, 2.75) is 25.3 Å². The number of benzene rings is 2. The summed E-state index contributed by atoms with van der Waals surface area (Å²) in [5, 5.41) is 0. The molecule has 4 heteroatoms. The predicted octanol–water partition coefficient (Wildman–Crippen LogP) is 3.42. The molecule has 0 aromatic heterocycles. The standard InChI is InChI=1S/C20H26N2O2/c1-3-24-19-9-7-15(8-10-19)16-11-17(21)14-22(13-16)18-5-4-6-20(12-18)23-2/h4-10,12,16-17H,3,11,13-14,21H2,1-2H3. The minimum absolute atomic E-state index is 0.168. The predicted molar refractivity (Wildman–Crippen MR) is 98.2 cm³/mol. The molecule has 2 aromatic carbocycles. The van der Waals surface area contributed by atoms with Gasteiger partial charge in [0.1, 0.15) is 11.5 Å². The molecular formula is C20H26N2O2. The van der Waals surface area contributed by atoms with Gasteiger partial charge in [0.25, 0.3) is 0 Å². The van der Waals surface area contributed by atoms with Gasteiger partial charge in [0.15, 0.2) is 0 Å². The lowest BCUT2D eigenvalue weighted by Gasteiger charge is -2.38. The van der Waals surface area contributed by atoms with Gasteiger partial charge in [0.05, 0.1) is 13.7 Å². The summed E-state index contributed by atoms with van der Waals surface area (Å²) in [5.41, 5.74) is 8.83. The Bertz CT molecular complexity index is 657. The highest BCUT2D eigenvalue weighted by Crippen LogP contribution is 2.31. The number of piperidine rings is 1. The third kappa shape index (κ3) is 3.82. The van der Waals surface area contributed by atoms with Crippen molar-refractivity contribution < 1.29 is 9.47 Å². The van der Waals surface area contributed by atoms with Gasteiger partial charge >= 0.3 is 0 Å². The van der Waals surface area contributed by atoms with E-state index in [0.717, 1.165) is 31.0 Å². The van der Waals surface area contributed by atoms with Crippen molar-refractivity contribution in [3.63, 3.8) is 0 Å². The smallest absolute Gasteiger partial charge is 0.120 e. The molecule has 1 aliphatic rings. The average molecular weight is 326 g/mol. The Morgan fingerprint density at radius 3 is 2.58 bits per heavy atom. The van der Waals surface area contributed by atoms with Crippen LogP contribution in [0.5, 0.6) is 11.5 Å². The maximum atomic E-state index is 6.34. The quantitative estimate of drug-likeness (QED) is 0.914. The summed E-state index contributed by atoms with van der Waals surface area (Å²) in [4.78, 5) is 2.36. The second-order valence-electron chi connectivity index (χ2n) is 6.30. The third-order valence-electron chi connectivity index (χ3n) is 4.56. The molecule has 0 spiro atoms. The molecule has 2 aromatic rings. The van der Waals surface area contributed by atoms with Gasteiger partial charge in [0, 0.05) is 36.8 Å². The molecule has 0 bridgehead atoms. The van der Waals surface area contributed by atoms with Crippen LogP contribution in [0.1, 0.15) is 24.8 Å². The minimum Gasteiger partial charge on any atom is -0.497 e. The van der Waals surface area contributed by atoms with Crippen molar-refractivity contribution in [2.24, 2.45) is 5.73 Å². The van der Waals surface area contributed by atoms with E-state index in [1.54, 1.807) is 7.11 Å². The van der Waals surface area contributed by atoms with Crippen LogP contribution in [0, 0.1) is 0 Å². The van der Waals surface area contributed by atoms with Crippen LogP contribution in [-0.4, -0.2) is 32.8 Å². The number of ether oxygens (including phenoxy) is 2. The van der Waals surface area contributed by atoms with Crippen molar-refractivity contribution in [1.82, 2.24) is 0 Å². The monoisotopic (exact) mass is 326 g/mol. The molecule has 1 saturated heterocycles. The molecule has 24 heavy (non-hydrogen) atoms. The fraction of sp³-hybridized carbons (Fsp3) is 0.400. The van der Waals surface area contributed by atoms with Gasteiger partial charge in [-0.05, 0) is 43.2 Å². The molecule has 1 heterocycles. The molecule has 0 saturated carbocycles. The van der Waals surface area contributed by atoms with Gasteiger partial charge in [-0.2, -0.15) is 0 Å². The van der Waals surface area contributed by atoms with E-state index in [1.807, 2.05) is 19.1 Å². The van der Waals surface area contributed by atoms with Gasteiger partial charge in [-0.1, -0.05) is 18.2 Å². The zero-order valence-corrected chi connectivity index (χ0v) is 14.4. The third-order valence-corrected chi connectivity index (χ3v) is 4.56. The van der Waals surface area contributed by atoms with Crippen molar-refractivity contribution in [2.75, 3.05) is 31.7 Å². The molecule has 0 aliphatic carbocycles. The van der Waals surface area contributed by atoms with Crippen molar-refractivity contribution in [3.8, 4) is 11.5 Å². The van der Waals surface area contributed by atoms with Crippen LogP contribution in [-0.2, 0) is 0 Å². The highest BCUT2D eigenvalue weighted by molar-refractivity contribution is 5.52. The molecule has 128 valence electrons. The second-order valence-corrected chi connectivity index (χ2v) is 6.30. The molecule has 4 nitrogen and oxygen atoms in total. The Hall–Kier alpha value is -2.20. The van der Waals surface area contributed by atoms with Crippen LogP contribution in [0.25, 0.3) is 0 Å². The van der Waals surface area contributed by atoms with E-state index in [4.69, 9.17) is 15.2 Å². The summed E-state index contributed by atoms with van der Waals surface area (Å²) >= 11 is 0. The first-order valence-corrected chi connectivity index (χ1v) is 8.57. The largest absolute Gasteiger partial charge is 0.497 e. The first-order chi connectivity index (χ1) is 11.7. The number of hydrogen-bond donors (Lipinski definition) is 1. The zero-order valence-electron chi connectivity index (χ0n) is 14.4. The van der Waals surface area contributed by atoms with Crippen LogP contribution in [0.2, 0.25) is 0 Å². The van der Waals surface area contributed by atoms with Crippen LogP contribution in [0.3, 0.4) is 0 Å². The maximum Gasteiger partial charge on any atom is 0.120 e. The average Bonchev–Trinajstić information content (AvgIpc) is 2.62. The van der Waals surface area contributed by atoms with Gasteiger partial charge in [-0.25, -0.2) is 0 Å². The van der Waals surface area contributed by atoms with E-state index in [1.165, 1.54) is 11.3 Å². The van der Waals surface area contributed by atoms with Crippen LogP contribution >= 0.6 is 0 Å². The molecule has 3 rings (SSSR count). The topological polar surface area (TPSA) is 47.7 Å². The normalized spacial score (nSPS) is 20.7. The fourth-order valence-corrected chi connectivity index (χ4v) is 3.40. The van der Waals surface area contributed by atoms with Crippen molar-refractivity contribution >= 4 is 5.69 Å². The zero-order chi connectivity index (χ0) is 16.9. The molecule has 1 aliphatic heterocycles. The van der Waals surface area contributed by atoms with Crippen LogP contribution in [0.15, 0.2) is 48.5 Å². The van der Waals surface area contributed by atoms with E-state index in [9.17, 15) is 0 Å². The molecule has 0 amide bonds. The van der Waals surface area contributed by atoms with E-state index in [2.05, 4.69) is 41.3 Å². The van der Waals surface area contributed by atoms with Crippen LogP contribution in [0.4, 0.5) is 5.69 Å². The molecule has 2 N–H and O–H groups in total. The van der Waals surface area contributed by atoms with E-state index < -0.39 is 0 Å².